The fraction of sp³-hybridized carbons (Fsp3) is 0.310. The number of hydrogen-bond donors (Lipinski definition) is 1. The number of hydrogen-bond acceptors (Lipinski definition) is 5. The second-order valence-electron chi connectivity index (χ2n) is 9.07. The van der Waals surface area contributed by atoms with Crippen molar-refractivity contribution in [2.75, 3.05) is 18.5 Å². The van der Waals surface area contributed by atoms with Gasteiger partial charge in [-0.2, -0.15) is 0 Å². The number of esters is 1. The molecule has 0 radical (unpaired) electrons. The largest absolute Gasteiger partial charge is 0.493 e. The number of ether oxygens (including phenoxy) is 3. The molecule has 1 N–H and O–H groups in total. The maximum atomic E-state index is 12.9. The maximum Gasteiger partial charge on any atom is 0.338 e. The molecule has 0 aliphatic heterocycles. The lowest BCUT2D eigenvalue weighted by atomic mass is 9.87. The van der Waals surface area contributed by atoms with E-state index in [4.69, 9.17) is 14.2 Å². The molecule has 3 aromatic rings. The lowest BCUT2D eigenvalue weighted by Crippen LogP contribution is -2.13. The highest BCUT2D eigenvalue weighted by Gasteiger charge is 2.15. The van der Waals surface area contributed by atoms with Crippen molar-refractivity contribution in [2.45, 2.75) is 46.6 Å². The highest BCUT2D eigenvalue weighted by atomic mass is 16.5. The summed E-state index contributed by atoms with van der Waals surface area (Å²) in [6, 6.07) is 19.9. The molecule has 0 aliphatic carbocycles. The monoisotopic (exact) mass is 475 g/mol. The first-order valence-corrected chi connectivity index (χ1v) is 11.8. The Kier molecular flexibility index (Phi) is 8.53. The van der Waals surface area contributed by atoms with Gasteiger partial charge in [0.25, 0.3) is 5.91 Å². The van der Waals surface area contributed by atoms with E-state index in [1.165, 1.54) is 5.56 Å². The molecule has 0 spiro atoms. The molecule has 3 aromatic carbocycles. The van der Waals surface area contributed by atoms with Crippen LogP contribution in [-0.2, 0) is 16.8 Å². The zero-order valence-corrected chi connectivity index (χ0v) is 21.0. The van der Waals surface area contributed by atoms with Crippen molar-refractivity contribution in [1.82, 2.24) is 0 Å². The van der Waals surface area contributed by atoms with Crippen molar-refractivity contribution < 1.29 is 23.8 Å². The Morgan fingerprint density at radius 2 is 1.46 bits per heavy atom. The molecule has 0 bridgehead atoms. The van der Waals surface area contributed by atoms with Crippen LogP contribution in [0.4, 0.5) is 5.69 Å². The van der Waals surface area contributed by atoms with E-state index in [0.29, 0.717) is 35.8 Å². The van der Waals surface area contributed by atoms with Gasteiger partial charge in [0.2, 0.25) is 0 Å². The normalized spacial score (nSPS) is 11.0. The van der Waals surface area contributed by atoms with Crippen LogP contribution >= 0.6 is 0 Å². The molecule has 184 valence electrons. The van der Waals surface area contributed by atoms with Crippen molar-refractivity contribution in [1.29, 1.82) is 0 Å². The van der Waals surface area contributed by atoms with Crippen molar-refractivity contribution >= 4 is 17.6 Å². The molecule has 0 heterocycles. The van der Waals surface area contributed by atoms with Gasteiger partial charge in [-0.05, 0) is 79.4 Å². The summed E-state index contributed by atoms with van der Waals surface area (Å²) in [7, 11) is 0. The molecule has 0 atom stereocenters. The van der Waals surface area contributed by atoms with Crippen LogP contribution in [-0.4, -0.2) is 25.1 Å². The molecule has 0 saturated heterocycles. The van der Waals surface area contributed by atoms with Gasteiger partial charge >= 0.3 is 5.97 Å². The highest BCUT2D eigenvalue weighted by molar-refractivity contribution is 6.04. The van der Waals surface area contributed by atoms with Gasteiger partial charge in [-0.15, -0.1) is 0 Å². The van der Waals surface area contributed by atoms with Crippen molar-refractivity contribution in [3.05, 3.63) is 89.0 Å². The van der Waals surface area contributed by atoms with Crippen LogP contribution in [0.5, 0.6) is 11.5 Å². The molecule has 0 aliphatic rings. The van der Waals surface area contributed by atoms with E-state index >= 15 is 0 Å². The average molecular weight is 476 g/mol. The first-order valence-electron chi connectivity index (χ1n) is 11.8. The average Bonchev–Trinajstić information content (AvgIpc) is 2.84. The Balaban J connectivity index is 1.71. The van der Waals surface area contributed by atoms with Gasteiger partial charge in [0, 0.05) is 16.8 Å². The predicted molar refractivity (Wildman–Crippen MR) is 137 cm³/mol. The summed E-state index contributed by atoms with van der Waals surface area (Å²) >= 11 is 0. The highest BCUT2D eigenvalue weighted by Crippen LogP contribution is 2.26. The zero-order valence-electron chi connectivity index (χ0n) is 21.0. The minimum Gasteiger partial charge on any atom is -0.493 e. The summed E-state index contributed by atoms with van der Waals surface area (Å²) in [5.41, 5.74) is 3.56. The van der Waals surface area contributed by atoms with E-state index in [2.05, 4.69) is 38.2 Å². The number of carbonyl (C=O) groups excluding carboxylic acids is 2. The molecule has 6 nitrogen and oxygen atoms in total. The summed E-state index contributed by atoms with van der Waals surface area (Å²) in [5, 5.41) is 2.86. The lowest BCUT2D eigenvalue weighted by molar-refractivity contribution is 0.0526. The minimum absolute atomic E-state index is 0.0709. The van der Waals surface area contributed by atoms with Crippen LogP contribution in [0.15, 0.2) is 66.7 Å². The Morgan fingerprint density at radius 3 is 2.06 bits per heavy atom. The van der Waals surface area contributed by atoms with E-state index < -0.39 is 5.97 Å². The molecule has 0 fully saturated rings. The molecule has 1 amide bonds. The summed E-state index contributed by atoms with van der Waals surface area (Å²) in [4.78, 5) is 24.7. The zero-order chi connectivity index (χ0) is 25.4. The molecule has 0 saturated carbocycles. The van der Waals surface area contributed by atoms with E-state index in [9.17, 15) is 9.59 Å². The van der Waals surface area contributed by atoms with Crippen LogP contribution in [0.3, 0.4) is 0 Å². The van der Waals surface area contributed by atoms with Crippen LogP contribution in [0.1, 0.15) is 66.5 Å². The summed E-state index contributed by atoms with van der Waals surface area (Å²) in [5.74, 6) is 0.758. The fourth-order valence-corrected chi connectivity index (χ4v) is 3.45. The van der Waals surface area contributed by atoms with Crippen LogP contribution in [0.25, 0.3) is 0 Å². The van der Waals surface area contributed by atoms with Crippen molar-refractivity contribution in [3.8, 4) is 11.5 Å². The number of carbonyl (C=O) groups is 2. The molecule has 6 heteroatoms. The number of nitrogens with one attached hydrogen (secondary N) is 1. The molecule has 0 aromatic heterocycles. The quantitative estimate of drug-likeness (QED) is 0.363. The first kappa shape index (κ1) is 25.8. The van der Waals surface area contributed by atoms with Crippen LogP contribution < -0.4 is 14.8 Å². The van der Waals surface area contributed by atoms with Gasteiger partial charge in [0.05, 0.1) is 18.8 Å². The second kappa shape index (κ2) is 11.6. The van der Waals surface area contributed by atoms with E-state index in [1.807, 2.05) is 19.1 Å². The minimum atomic E-state index is -0.394. The van der Waals surface area contributed by atoms with E-state index in [-0.39, 0.29) is 17.9 Å². The van der Waals surface area contributed by atoms with E-state index in [1.54, 1.807) is 49.4 Å². The van der Waals surface area contributed by atoms with Crippen LogP contribution in [0.2, 0.25) is 0 Å². The van der Waals surface area contributed by atoms with Gasteiger partial charge in [0.1, 0.15) is 18.1 Å². The number of anilines is 1. The number of amides is 1. The molecule has 0 unspecified atom stereocenters. The van der Waals surface area contributed by atoms with Gasteiger partial charge in [-0.25, -0.2) is 4.79 Å². The SMILES string of the molecule is CCOC(=O)c1ccc(NC(=O)c2ccc(OCC)c(COc3ccc(C(C)(C)C)cc3)c2)cc1. The Labute approximate surface area is 207 Å². The fourth-order valence-electron chi connectivity index (χ4n) is 3.45. The summed E-state index contributed by atoms with van der Waals surface area (Å²) in [6.45, 7) is 11.3. The molecule has 35 heavy (non-hydrogen) atoms. The smallest absolute Gasteiger partial charge is 0.338 e. The topological polar surface area (TPSA) is 73.9 Å². The number of benzene rings is 3. The Hall–Kier alpha value is -3.80. The number of rotatable bonds is 9. The Morgan fingerprint density at radius 1 is 0.800 bits per heavy atom. The van der Waals surface area contributed by atoms with Crippen molar-refractivity contribution in [2.24, 2.45) is 0 Å². The third kappa shape index (κ3) is 7.09. The van der Waals surface area contributed by atoms with Crippen LogP contribution in [0, 0.1) is 0 Å². The molecular weight excluding hydrogens is 442 g/mol. The molecular formula is C29H33NO5. The second-order valence-corrected chi connectivity index (χ2v) is 9.07. The lowest BCUT2D eigenvalue weighted by Gasteiger charge is -2.19. The first-order chi connectivity index (χ1) is 16.7. The predicted octanol–water partition coefficient (Wildman–Crippen LogP) is 6.39. The molecule has 3 rings (SSSR count). The van der Waals surface area contributed by atoms with E-state index in [0.717, 1.165) is 11.3 Å². The third-order valence-corrected chi connectivity index (χ3v) is 5.39. The van der Waals surface area contributed by atoms with Crippen molar-refractivity contribution in [3.63, 3.8) is 0 Å². The summed E-state index contributed by atoms with van der Waals surface area (Å²) < 4.78 is 16.7. The maximum absolute atomic E-state index is 12.9. The van der Waals surface area contributed by atoms with Gasteiger partial charge < -0.3 is 19.5 Å². The standard InChI is InChI=1S/C29H33NO5/c1-6-33-26-17-10-21(27(31)30-24-13-8-20(9-14-24)28(32)34-7-2)18-22(26)19-35-25-15-11-23(12-16-25)29(3,4)5/h8-18H,6-7,19H2,1-5H3,(H,30,31). The van der Waals surface area contributed by atoms with Gasteiger partial charge in [0.15, 0.2) is 0 Å². The van der Waals surface area contributed by atoms with Gasteiger partial charge in [-0.1, -0.05) is 32.9 Å². The summed E-state index contributed by atoms with van der Waals surface area (Å²) in [6.07, 6.45) is 0. The Bertz CT molecular complexity index is 1150. The third-order valence-electron chi connectivity index (χ3n) is 5.39. The van der Waals surface area contributed by atoms with Gasteiger partial charge in [-0.3, -0.25) is 4.79 Å².